The predicted octanol–water partition coefficient (Wildman–Crippen LogP) is 3.31. The van der Waals surface area contributed by atoms with Crippen LogP contribution in [0.1, 0.15) is 18.9 Å². The number of carbonyl (C=O) groups excluding carboxylic acids is 1. The molecule has 0 aliphatic carbocycles. The Kier molecular flexibility index (Phi) is 9.42. The Balaban J connectivity index is 1.80. The van der Waals surface area contributed by atoms with Crippen molar-refractivity contribution < 1.29 is 32.5 Å². The van der Waals surface area contributed by atoms with Crippen molar-refractivity contribution in [3.05, 3.63) is 42.0 Å². The van der Waals surface area contributed by atoms with Gasteiger partial charge in [-0.15, -0.1) is 0 Å². The number of halogens is 2. The number of aliphatic imine (C=N–C) groups is 2. The first-order chi connectivity index (χ1) is 20.1. The van der Waals surface area contributed by atoms with E-state index in [0.717, 1.165) is 6.07 Å². The van der Waals surface area contributed by atoms with Crippen LogP contribution in [0.4, 0.5) is 20.3 Å². The summed E-state index contributed by atoms with van der Waals surface area (Å²) >= 11 is 0. The third-order valence-corrected chi connectivity index (χ3v) is 7.39. The molecule has 0 radical (unpaired) electrons. The number of benzene rings is 1. The number of hydrogen-bond acceptors (Lipinski definition) is 8. The van der Waals surface area contributed by atoms with Crippen molar-refractivity contribution in [2.75, 3.05) is 52.5 Å². The average Bonchev–Trinajstić information content (AvgIpc) is 2.97. The molecule has 1 amide bonds. The van der Waals surface area contributed by atoms with E-state index in [-0.39, 0.29) is 46.7 Å². The number of aromatic nitrogens is 1. The van der Waals surface area contributed by atoms with E-state index in [4.69, 9.17) is 23.9 Å². The minimum absolute atomic E-state index is 0.0358. The van der Waals surface area contributed by atoms with Crippen molar-refractivity contribution in [2.24, 2.45) is 9.98 Å². The van der Waals surface area contributed by atoms with Crippen molar-refractivity contribution in [1.29, 1.82) is 0 Å². The number of guanidine groups is 1. The van der Waals surface area contributed by atoms with Crippen LogP contribution in [0.2, 0.25) is 0 Å². The number of rotatable bonds is 9. The molecule has 2 N–H and O–H groups in total. The maximum absolute atomic E-state index is 15.4. The van der Waals surface area contributed by atoms with Gasteiger partial charge in [0.1, 0.15) is 5.69 Å². The van der Waals surface area contributed by atoms with E-state index >= 15 is 8.78 Å². The van der Waals surface area contributed by atoms with Crippen LogP contribution in [-0.4, -0.2) is 88.9 Å². The van der Waals surface area contributed by atoms with E-state index in [9.17, 15) is 4.79 Å². The third-order valence-electron chi connectivity index (χ3n) is 7.39. The largest absolute Gasteiger partial charge is 0.494 e. The Hall–Kier alpha value is -4.10. The standard InChI is InChI=1S/C29H36F2N6O5/c1-8-22(38)33-17-9-10-42-13-19(17)35-28(32-4)36-26-16(2)11-18(34-27(26)37-14-29(3,15-37)41-7)23-24(30)20(39-5)12-21(40-6)25(23)31/h8,11-12,17,19H,1,4,9-10,13-15H2,2-3,5-7H3,(H,33,38)(H,35,36)/t17-,19+/m0/s1. The van der Waals surface area contributed by atoms with Crippen LogP contribution in [0.25, 0.3) is 11.3 Å². The second-order valence-electron chi connectivity index (χ2n) is 10.3. The molecular formula is C29H36F2N6O5. The van der Waals surface area contributed by atoms with Gasteiger partial charge in [0.15, 0.2) is 29.0 Å². The molecule has 0 bridgehead atoms. The Bertz CT molecular complexity index is 1370. The lowest BCUT2D eigenvalue weighted by atomic mass is 9.95. The predicted molar refractivity (Wildman–Crippen MR) is 156 cm³/mol. The molecule has 2 aliphatic heterocycles. The fourth-order valence-electron chi connectivity index (χ4n) is 4.97. The van der Waals surface area contributed by atoms with E-state index in [0.29, 0.717) is 49.8 Å². The van der Waals surface area contributed by atoms with E-state index in [1.807, 2.05) is 11.8 Å². The van der Waals surface area contributed by atoms with Crippen molar-refractivity contribution >= 4 is 30.1 Å². The van der Waals surface area contributed by atoms with Crippen LogP contribution < -0.4 is 25.0 Å². The van der Waals surface area contributed by atoms with E-state index in [2.05, 4.69) is 33.9 Å². The second kappa shape index (κ2) is 12.8. The number of nitrogens with one attached hydrogen (secondary N) is 2. The molecule has 0 unspecified atom stereocenters. The summed E-state index contributed by atoms with van der Waals surface area (Å²) in [5.74, 6) is -1.94. The lowest BCUT2D eigenvalue weighted by Gasteiger charge is -2.47. The molecule has 11 nitrogen and oxygen atoms in total. The molecule has 2 saturated heterocycles. The van der Waals surface area contributed by atoms with Crippen LogP contribution in [0.15, 0.2) is 34.8 Å². The molecule has 2 fully saturated rings. The number of carbonyl (C=O) groups is 1. The normalized spacial score (nSPS) is 19.9. The molecule has 42 heavy (non-hydrogen) atoms. The quantitative estimate of drug-likeness (QED) is 0.261. The van der Waals surface area contributed by atoms with Gasteiger partial charge in [-0.05, 0) is 44.7 Å². The molecule has 3 heterocycles. The molecule has 2 aliphatic rings. The summed E-state index contributed by atoms with van der Waals surface area (Å²) in [7, 11) is 4.19. The minimum Gasteiger partial charge on any atom is -0.494 e. The number of pyridine rings is 1. The highest BCUT2D eigenvalue weighted by molar-refractivity contribution is 5.90. The maximum Gasteiger partial charge on any atom is 0.243 e. The van der Waals surface area contributed by atoms with Crippen molar-refractivity contribution in [3.8, 4) is 22.8 Å². The Morgan fingerprint density at radius 3 is 2.40 bits per heavy atom. The summed E-state index contributed by atoms with van der Waals surface area (Å²) in [5, 5.41) is 6.11. The fourth-order valence-corrected chi connectivity index (χ4v) is 4.97. The lowest BCUT2D eigenvalue weighted by Crippen LogP contribution is -2.61. The van der Waals surface area contributed by atoms with Gasteiger partial charge in [-0.1, -0.05) is 6.58 Å². The number of aryl methyl sites for hydroxylation is 1. The summed E-state index contributed by atoms with van der Waals surface area (Å²) in [6.45, 7) is 12.6. The van der Waals surface area contributed by atoms with Gasteiger partial charge < -0.3 is 34.5 Å². The zero-order valence-corrected chi connectivity index (χ0v) is 24.4. The van der Waals surface area contributed by atoms with Gasteiger partial charge in [-0.3, -0.25) is 4.79 Å². The maximum atomic E-state index is 15.4. The number of anilines is 1. The van der Waals surface area contributed by atoms with Crippen molar-refractivity contribution in [1.82, 2.24) is 15.6 Å². The van der Waals surface area contributed by atoms with Crippen molar-refractivity contribution in [2.45, 2.75) is 38.0 Å². The number of hydrogen-bond donors (Lipinski definition) is 2. The van der Waals surface area contributed by atoms with Gasteiger partial charge >= 0.3 is 0 Å². The first kappa shape index (κ1) is 30.8. The van der Waals surface area contributed by atoms with Gasteiger partial charge in [-0.25, -0.2) is 23.7 Å². The van der Waals surface area contributed by atoms with Crippen LogP contribution in [0.5, 0.6) is 11.5 Å². The van der Waals surface area contributed by atoms with Gasteiger partial charge in [0.05, 0.1) is 62.9 Å². The highest BCUT2D eigenvalue weighted by Gasteiger charge is 2.41. The Morgan fingerprint density at radius 2 is 1.83 bits per heavy atom. The zero-order valence-electron chi connectivity index (χ0n) is 24.4. The summed E-state index contributed by atoms with van der Waals surface area (Å²) in [4.78, 5) is 27.4. The van der Waals surface area contributed by atoms with Gasteiger partial charge in [0.25, 0.3) is 0 Å². The third kappa shape index (κ3) is 6.21. The summed E-state index contributed by atoms with van der Waals surface area (Å²) < 4.78 is 52.4. The topological polar surface area (TPSA) is 119 Å². The van der Waals surface area contributed by atoms with E-state index in [1.54, 1.807) is 14.0 Å². The fraction of sp³-hybridized carbons (Fsp3) is 0.448. The molecule has 0 saturated carbocycles. The van der Waals surface area contributed by atoms with Crippen LogP contribution in [0.3, 0.4) is 0 Å². The minimum atomic E-state index is -0.907. The molecule has 13 heteroatoms. The molecular weight excluding hydrogens is 550 g/mol. The highest BCUT2D eigenvalue weighted by atomic mass is 19.1. The molecule has 4 rings (SSSR count). The van der Waals surface area contributed by atoms with Gasteiger partial charge in [0, 0.05) is 19.8 Å². The highest BCUT2D eigenvalue weighted by Crippen LogP contribution is 2.42. The number of amides is 1. The first-order valence-corrected chi connectivity index (χ1v) is 13.3. The first-order valence-electron chi connectivity index (χ1n) is 13.3. The molecule has 2 atom stereocenters. The van der Waals surface area contributed by atoms with Crippen LogP contribution in [0, 0.1) is 18.6 Å². The van der Waals surface area contributed by atoms with Gasteiger partial charge in [-0.2, -0.15) is 0 Å². The molecule has 1 aromatic heterocycles. The summed E-state index contributed by atoms with van der Waals surface area (Å²) in [6.07, 6.45) is 1.78. The van der Waals surface area contributed by atoms with Crippen LogP contribution >= 0.6 is 0 Å². The monoisotopic (exact) mass is 586 g/mol. The van der Waals surface area contributed by atoms with Crippen LogP contribution in [-0.2, 0) is 14.3 Å². The summed E-state index contributed by atoms with van der Waals surface area (Å²) in [5.41, 5.74) is 0.206. The zero-order chi connectivity index (χ0) is 30.6. The molecule has 0 spiro atoms. The second-order valence-corrected chi connectivity index (χ2v) is 10.3. The van der Waals surface area contributed by atoms with Crippen molar-refractivity contribution in [3.63, 3.8) is 0 Å². The number of methoxy groups -OCH3 is 3. The molecule has 1 aromatic carbocycles. The molecule has 2 aromatic rings. The average molecular weight is 587 g/mol. The Labute approximate surface area is 243 Å². The molecule has 226 valence electrons. The van der Waals surface area contributed by atoms with E-state index in [1.165, 1.54) is 26.4 Å². The van der Waals surface area contributed by atoms with Gasteiger partial charge in [0.2, 0.25) is 11.9 Å². The summed E-state index contributed by atoms with van der Waals surface area (Å²) in [6, 6.07) is 2.07. The van der Waals surface area contributed by atoms with E-state index < -0.39 is 17.2 Å². The SMILES string of the molecule is C=CC(=O)N[C@H]1CCOC[C@H]1N/C(N=C)=N/c1c(C)cc(-c2c(F)c(OC)cc(OC)c2F)nc1N1CC(C)(OC)C1. The number of nitrogens with zero attached hydrogens (tertiary/aromatic N) is 4. The Morgan fingerprint density at radius 1 is 1.17 bits per heavy atom. The number of ether oxygens (including phenoxy) is 4. The lowest BCUT2D eigenvalue weighted by molar-refractivity contribution is -0.118. The smallest absolute Gasteiger partial charge is 0.243 e.